The van der Waals surface area contributed by atoms with Crippen molar-refractivity contribution in [3.05, 3.63) is 60.7 Å². The van der Waals surface area contributed by atoms with Gasteiger partial charge in [0.2, 0.25) is 0 Å². The van der Waals surface area contributed by atoms with Crippen LogP contribution in [-0.2, 0) is 13.9 Å². The monoisotopic (exact) mass is 576 g/mol. The molecule has 1 unspecified atom stereocenters. The van der Waals surface area contributed by atoms with Crippen molar-refractivity contribution in [1.29, 1.82) is 0 Å². The summed E-state index contributed by atoms with van der Waals surface area (Å²) < 4.78 is 18.7. The molecule has 2 amide bonds. The standard InChI is InChI=1S/C33H44N2O5Si/c1-30(2,3)39-28(36)34-32-20-33(21-32,22-32)35-19-27(38-29(35)37)23-17-24(18-23)40-41(31(4,5)6,25-13-9-7-10-14-25)26-15-11-8-12-16-26/h7-16,23-24,27H,17-22H2,1-6H3,(H,34,36)/t23-,24+,27?,32?,33?. The van der Waals surface area contributed by atoms with Crippen LogP contribution in [0.15, 0.2) is 60.7 Å². The minimum Gasteiger partial charge on any atom is -0.444 e. The van der Waals surface area contributed by atoms with E-state index in [0.717, 1.165) is 32.1 Å². The molecule has 4 saturated carbocycles. The number of hydrogen-bond donors (Lipinski definition) is 1. The Kier molecular flexibility index (Phi) is 6.62. The summed E-state index contributed by atoms with van der Waals surface area (Å²) in [6.07, 6.45) is 3.54. The summed E-state index contributed by atoms with van der Waals surface area (Å²) in [5.74, 6) is 0.299. The summed E-state index contributed by atoms with van der Waals surface area (Å²) in [5, 5.41) is 5.56. The van der Waals surface area contributed by atoms with Gasteiger partial charge in [-0.25, -0.2) is 9.59 Å². The second kappa shape index (κ2) is 9.59. The van der Waals surface area contributed by atoms with E-state index in [1.807, 2.05) is 25.7 Å². The fourth-order valence-corrected chi connectivity index (χ4v) is 12.4. The molecule has 1 heterocycles. The first-order chi connectivity index (χ1) is 19.2. The third-order valence-corrected chi connectivity index (χ3v) is 14.7. The number of cyclic esters (lactones) is 1. The van der Waals surface area contributed by atoms with Gasteiger partial charge in [-0.1, -0.05) is 81.4 Å². The predicted octanol–water partition coefficient (Wildman–Crippen LogP) is 5.36. The van der Waals surface area contributed by atoms with Crippen molar-refractivity contribution >= 4 is 30.9 Å². The topological polar surface area (TPSA) is 77.1 Å². The zero-order valence-electron chi connectivity index (χ0n) is 25.2. The second-order valence-electron chi connectivity index (χ2n) is 14.8. The Labute approximate surface area is 245 Å². The van der Waals surface area contributed by atoms with Crippen molar-refractivity contribution in [3.63, 3.8) is 0 Å². The van der Waals surface area contributed by atoms with E-state index in [-0.39, 0.29) is 40.5 Å². The smallest absolute Gasteiger partial charge is 0.410 e. The lowest BCUT2D eigenvalue weighted by Gasteiger charge is -2.72. The van der Waals surface area contributed by atoms with Crippen molar-refractivity contribution in [2.45, 2.75) is 108 Å². The summed E-state index contributed by atoms with van der Waals surface area (Å²) in [7, 11) is -2.60. The summed E-state index contributed by atoms with van der Waals surface area (Å²) in [6, 6.07) is 21.5. The lowest BCUT2D eigenvalue weighted by atomic mass is 9.43. The molecule has 0 radical (unpaired) electrons. The summed E-state index contributed by atoms with van der Waals surface area (Å²) in [4.78, 5) is 27.2. The number of amides is 2. The maximum Gasteiger partial charge on any atom is 0.410 e. The molecule has 7 rings (SSSR count). The van der Waals surface area contributed by atoms with Crippen molar-refractivity contribution in [2.75, 3.05) is 6.54 Å². The number of benzene rings is 2. The van der Waals surface area contributed by atoms with Gasteiger partial charge in [-0.2, -0.15) is 0 Å². The van der Waals surface area contributed by atoms with E-state index in [1.54, 1.807) is 0 Å². The quantitative estimate of drug-likeness (QED) is 0.449. The Balaban J connectivity index is 1.09. The Hall–Kier alpha value is -2.84. The normalized spacial score (nSPS) is 30.9. The van der Waals surface area contributed by atoms with Crippen LogP contribution < -0.4 is 15.7 Å². The van der Waals surface area contributed by atoms with E-state index in [4.69, 9.17) is 13.9 Å². The summed E-state index contributed by atoms with van der Waals surface area (Å²) in [5.41, 5.74) is -0.958. The van der Waals surface area contributed by atoms with Gasteiger partial charge in [-0.05, 0) is 68.3 Å². The van der Waals surface area contributed by atoms with Crippen LogP contribution in [-0.4, -0.2) is 60.8 Å². The number of rotatable bonds is 7. The molecule has 4 aliphatic carbocycles. The van der Waals surface area contributed by atoms with Gasteiger partial charge in [0.05, 0.1) is 17.6 Å². The molecule has 2 aromatic carbocycles. The molecule has 41 heavy (non-hydrogen) atoms. The van der Waals surface area contributed by atoms with Gasteiger partial charge in [0, 0.05) is 12.0 Å². The molecule has 0 aromatic heterocycles. The molecule has 7 nitrogen and oxygen atoms in total. The highest BCUT2D eigenvalue weighted by molar-refractivity contribution is 6.99. The van der Waals surface area contributed by atoms with Gasteiger partial charge < -0.3 is 19.2 Å². The third-order valence-electron chi connectivity index (χ3n) is 9.59. The van der Waals surface area contributed by atoms with E-state index >= 15 is 0 Å². The minimum atomic E-state index is -2.60. The zero-order valence-corrected chi connectivity index (χ0v) is 26.2. The van der Waals surface area contributed by atoms with Crippen molar-refractivity contribution in [1.82, 2.24) is 10.2 Å². The molecule has 1 saturated heterocycles. The van der Waals surface area contributed by atoms with Crippen LogP contribution in [0.1, 0.15) is 73.6 Å². The van der Waals surface area contributed by atoms with Crippen LogP contribution in [0, 0.1) is 5.92 Å². The first-order valence-electron chi connectivity index (χ1n) is 15.0. The Morgan fingerprint density at radius 1 is 0.927 bits per heavy atom. The van der Waals surface area contributed by atoms with E-state index < -0.39 is 13.9 Å². The van der Waals surface area contributed by atoms with Gasteiger partial charge in [0.1, 0.15) is 11.7 Å². The molecule has 5 aliphatic rings. The molecule has 0 spiro atoms. The average molecular weight is 577 g/mol. The maximum absolute atomic E-state index is 13.0. The SMILES string of the molecule is CC(C)(C)OC(=O)NC12CC(N3CC([C@H]4C[C@@H](O[Si](c5ccccc5)(c5ccccc5)C(C)(C)C)C4)OC3=O)(C1)C2. The molecule has 1 atom stereocenters. The molecular formula is C33H44N2O5Si. The summed E-state index contributed by atoms with van der Waals surface area (Å²) in [6.45, 7) is 13.1. The molecule has 8 heteroatoms. The number of carbonyl (C=O) groups is 2. The number of carbonyl (C=O) groups excluding carboxylic acids is 2. The average Bonchev–Trinajstić information content (AvgIpc) is 3.19. The van der Waals surface area contributed by atoms with E-state index in [1.165, 1.54) is 10.4 Å². The zero-order chi connectivity index (χ0) is 29.3. The van der Waals surface area contributed by atoms with Gasteiger partial charge >= 0.3 is 12.2 Å². The fourth-order valence-electron chi connectivity index (χ4n) is 7.74. The largest absolute Gasteiger partial charge is 0.444 e. The molecule has 2 aromatic rings. The maximum atomic E-state index is 13.0. The van der Waals surface area contributed by atoms with Crippen LogP contribution in [0.5, 0.6) is 0 Å². The molecule has 1 aliphatic heterocycles. The van der Waals surface area contributed by atoms with Crippen LogP contribution in [0.4, 0.5) is 9.59 Å². The lowest BCUT2D eigenvalue weighted by Crippen LogP contribution is -2.84. The number of nitrogens with zero attached hydrogens (tertiary/aromatic N) is 1. The number of alkyl carbamates (subject to hydrolysis) is 1. The minimum absolute atomic E-state index is 0.0646. The molecule has 2 bridgehead atoms. The highest BCUT2D eigenvalue weighted by Gasteiger charge is 2.73. The van der Waals surface area contributed by atoms with E-state index in [0.29, 0.717) is 12.5 Å². The first kappa shape index (κ1) is 28.3. The third kappa shape index (κ3) is 4.87. The van der Waals surface area contributed by atoms with Crippen LogP contribution in [0.25, 0.3) is 0 Å². The van der Waals surface area contributed by atoms with Crippen molar-refractivity contribution in [2.24, 2.45) is 5.92 Å². The first-order valence-corrected chi connectivity index (χ1v) is 16.9. The number of hydrogen-bond acceptors (Lipinski definition) is 5. The van der Waals surface area contributed by atoms with Gasteiger partial charge in [-0.15, -0.1) is 0 Å². The van der Waals surface area contributed by atoms with Crippen molar-refractivity contribution in [3.8, 4) is 0 Å². The molecule has 1 N–H and O–H groups in total. The van der Waals surface area contributed by atoms with Gasteiger partial charge in [-0.3, -0.25) is 4.90 Å². The Morgan fingerprint density at radius 3 is 1.95 bits per heavy atom. The molecule has 220 valence electrons. The Bertz CT molecular complexity index is 1240. The van der Waals surface area contributed by atoms with Crippen molar-refractivity contribution < 1.29 is 23.5 Å². The van der Waals surface area contributed by atoms with E-state index in [9.17, 15) is 9.59 Å². The van der Waals surface area contributed by atoms with Crippen LogP contribution >= 0.6 is 0 Å². The fraction of sp³-hybridized carbons (Fsp3) is 0.576. The lowest BCUT2D eigenvalue weighted by molar-refractivity contribution is -0.154. The highest BCUT2D eigenvalue weighted by Crippen LogP contribution is 2.64. The predicted molar refractivity (Wildman–Crippen MR) is 161 cm³/mol. The van der Waals surface area contributed by atoms with Crippen LogP contribution in [0.2, 0.25) is 5.04 Å². The highest BCUT2D eigenvalue weighted by atomic mass is 28.4. The second-order valence-corrected chi connectivity index (χ2v) is 19.1. The Morgan fingerprint density at radius 2 is 1.46 bits per heavy atom. The van der Waals surface area contributed by atoms with Crippen LogP contribution in [0.3, 0.4) is 0 Å². The van der Waals surface area contributed by atoms with Gasteiger partial charge in [0.25, 0.3) is 8.32 Å². The molecular weight excluding hydrogens is 532 g/mol. The molecule has 5 fully saturated rings. The van der Waals surface area contributed by atoms with E-state index in [2.05, 4.69) is 86.8 Å². The summed E-state index contributed by atoms with van der Waals surface area (Å²) >= 11 is 0. The number of ether oxygens (including phenoxy) is 2. The number of nitrogens with one attached hydrogen (secondary N) is 1. The van der Waals surface area contributed by atoms with Gasteiger partial charge in [0.15, 0.2) is 0 Å².